The topological polar surface area (TPSA) is 24.1 Å². The lowest BCUT2D eigenvalue weighted by atomic mass is 10.2. The van der Waals surface area contributed by atoms with Gasteiger partial charge >= 0.3 is 0 Å². The highest BCUT2D eigenvalue weighted by atomic mass is 32.9. The quantitative estimate of drug-likeness (QED) is 0.802. The Morgan fingerprint density at radius 2 is 1.44 bits per heavy atom. The molecule has 1 aliphatic heterocycles. The van der Waals surface area contributed by atoms with Crippen molar-refractivity contribution in [3.8, 4) is 0 Å². The van der Waals surface area contributed by atoms with E-state index in [2.05, 4.69) is 46.6 Å². The monoisotopic (exact) mass is 292 g/mol. The molecule has 0 saturated heterocycles. The fourth-order valence-corrected chi connectivity index (χ4v) is 6.59. The van der Waals surface area contributed by atoms with Gasteiger partial charge < -0.3 is 10.2 Å². The van der Waals surface area contributed by atoms with Gasteiger partial charge in [-0.15, -0.1) is 0 Å². The summed E-state index contributed by atoms with van der Waals surface area (Å²) in [7, 11) is 0. The van der Waals surface area contributed by atoms with Crippen LogP contribution in [0.4, 0.5) is 11.4 Å². The van der Waals surface area contributed by atoms with E-state index in [1.807, 2.05) is 18.2 Å². The molecular formula is C13H13N2PS2. The Morgan fingerprint density at radius 3 is 2.06 bits per heavy atom. The van der Waals surface area contributed by atoms with Gasteiger partial charge in [0.2, 0.25) is 0 Å². The summed E-state index contributed by atoms with van der Waals surface area (Å²) in [6.07, 6.45) is 0. The maximum Gasteiger partial charge on any atom is 0.175 e. The lowest BCUT2D eigenvalue weighted by molar-refractivity contribution is 1.43. The molecular weight excluding hydrogens is 279 g/mol. The minimum absolute atomic E-state index is 0.937. The summed E-state index contributed by atoms with van der Waals surface area (Å²) in [5.41, 5.74) is 1.80. The molecule has 2 N–H and O–H groups in total. The summed E-state index contributed by atoms with van der Waals surface area (Å²) in [5.74, 6) is 0.937. The summed E-state index contributed by atoms with van der Waals surface area (Å²) >= 11 is 7.52. The zero-order valence-electron chi connectivity index (χ0n) is 9.67. The molecule has 5 heteroatoms. The van der Waals surface area contributed by atoms with E-state index < -0.39 is 5.54 Å². The third kappa shape index (κ3) is 2.56. The first-order valence-electron chi connectivity index (χ1n) is 5.69. The third-order valence-electron chi connectivity index (χ3n) is 2.72. The Bertz CT molecular complexity index is 572. The Hall–Kier alpha value is -0.960. The highest BCUT2D eigenvalue weighted by Crippen LogP contribution is 2.64. The van der Waals surface area contributed by atoms with Gasteiger partial charge in [-0.3, -0.25) is 0 Å². The van der Waals surface area contributed by atoms with Crippen molar-refractivity contribution in [3.05, 3.63) is 60.2 Å². The molecule has 2 nitrogen and oxygen atoms in total. The SMILES string of the molecule is S=P1(SCc2ccccc2)Nc2ccccc2N1. The fourth-order valence-electron chi connectivity index (χ4n) is 1.83. The number of benzene rings is 2. The molecule has 0 amide bonds. The van der Waals surface area contributed by atoms with Crippen LogP contribution in [0.25, 0.3) is 0 Å². The van der Waals surface area contributed by atoms with Crippen molar-refractivity contribution in [1.82, 2.24) is 0 Å². The average Bonchev–Trinajstić information content (AvgIpc) is 2.74. The summed E-state index contributed by atoms with van der Waals surface area (Å²) in [4.78, 5) is 0. The normalized spacial score (nSPS) is 15.6. The van der Waals surface area contributed by atoms with E-state index in [9.17, 15) is 0 Å². The second-order valence-corrected chi connectivity index (χ2v) is 10.9. The van der Waals surface area contributed by atoms with Crippen LogP contribution in [0.5, 0.6) is 0 Å². The molecule has 0 unspecified atom stereocenters. The first kappa shape index (κ1) is 12.1. The molecule has 2 aromatic rings. The Labute approximate surface area is 116 Å². The van der Waals surface area contributed by atoms with Crippen LogP contribution in [0.2, 0.25) is 0 Å². The second kappa shape index (κ2) is 4.96. The first-order valence-corrected chi connectivity index (χ1v) is 10.1. The molecule has 2 aromatic carbocycles. The number of rotatable bonds is 3. The van der Waals surface area contributed by atoms with E-state index in [0.717, 1.165) is 17.1 Å². The molecule has 0 atom stereocenters. The number of anilines is 2. The van der Waals surface area contributed by atoms with Crippen molar-refractivity contribution in [3.63, 3.8) is 0 Å². The van der Waals surface area contributed by atoms with E-state index in [1.165, 1.54) is 5.56 Å². The zero-order chi connectivity index (χ0) is 12.4. The molecule has 3 rings (SSSR count). The van der Waals surface area contributed by atoms with Crippen LogP contribution in [-0.4, -0.2) is 0 Å². The van der Waals surface area contributed by atoms with Gasteiger partial charge in [0.15, 0.2) is 5.54 Å². The predicted molar refractivity (Wildman–Crippen MR) is 85.7 cm³/mol. The van der Waals surface area contributed by atoms with Crippen LogP contribution in [0.15, 0.2) is 54.6 Å². The molecule has 0 saturated carbocycles. The molecule has 1 heterocycles. The van der Waals surface area contributed by atoms with Crippen LogP contribution >= 0.6 is 16.9 Å². The zero-order valence-corrected chi connectivity index (χ0v) is 12.2. The molecule has 0 aliphatic carbocycles. The van der Waals surface area contributed by atoms with Crippen LogP contribution in [0, 0.1) is 0 Å². The highest BCUT2D eigenvalue weighted by molar-refractivity contribution is 8.71. The Morgan fingerprint density at radius 1 is 0.889 bits per heavy atom. The van der Waals surface area contributed by atoms with Gasteiger partial charge in [-0.1, -0.05) is 53.8 Å². The average molecular weight is 292 g/mol. The first-order chi connectivity index (χ1) is 8.75. The molecule has 0 bridgehead atoms. The van der Waals surface area contributed by atoms with E-state index in [4.69, 9.17) is 11.8 Å². The van der Waals surface area contributed by atoms with Crippen molar-refractivity contribution >= 4 is 40.1 Å². The molecule has 92 valence electrons. The summed E-state index contributed by atoms with van der Waals surface area (Å²) < 4.78 is 0. The van der Waals surface area contributed by atoms with Gasteiger partial charge in [0.25, 0.3) is 0 Å². The lowest BCUT2D eigenvalue weighted by Gasteiger charge is -2.16. The molecule has 0 aromatic heterocycles. The number of hydrogen-bond acceptors (Lipinski definition) is 2. The van der Waals surface area contributed by atoms with E-state index >= 15 is 0 Å². The number of nitrogens with one attached hydrogen (secondary N) is 2. The van der Waals surface area contributed by atoms with Crippen molar-refractivity contribution in [2.45, 2.75) is 5.75 Å². The summed E-state index contributed by atoms with van der Waals surface area (Å²) in [5, 5.41) is 6.92. The smallest absolute Gasteiger partial charge is 0.175 e. The molecule has 0 fully saturated rings. The molecule has 18 heavy (non-hydrogen) atoms. The highest BCUT2D eigenvalue weighted by Gasteiger charge is 2.25. The van der Waals surface area contributed by atoms with Crippen LogP contribution < -0.4 is 10.2 Å². The van der Waals surface area contributed by atoms with Gasteiger partial charge in [0, 0.05) is 5.75 Å². The van der Waals surface area contributed by atoms with Gasteiger partial charge in [-0.05, 0) is 29.5 Å². The van der Waals surface area contributed by atoms with Crippen LogP contribution in [-0.2, 0) is 17.6 Å². The van der Waals surface area contributed by atoms with Gasteiger partial charge in [0.05, 0.1) is 11.4 Å². The van der Waals surface area contributed by atoms with E-state index in [0.29, 0.717) is 0 Å². The van der Waals surface area contributed by atoms with E-state index in [-0.39, 0.29) is 0 Å². The van der Waals surface area contributed by atoms with E-state index in [1.54, 1.807) is 11.4 Å². The maximum absolute atomic E-state index is 5.72. The lowest BCUT2D eigenvalue weighted by Crippen LogP contribution is -1.92. The molecule has 0 radical (unpaired) electrons. The number of para-hydroxylation sites is 2. The van der Waals surface area contributed by atoms with Gasteiger partial charge in [-0.2, -0.15) is 0 Å². The largest absolute Gasteiger partial charge is 0.333 e. The predicted octanol–water partition coefficient (Wildman–Crippen LogP) is 4.68. The minimum Gasteiger partial charge on any atom is -0.333 e. The number of hydrogen-bond donors (Lipinski definition) is 2. The van der Waals surface area contributed by atoms with Gasteiger partial charge in [-0.25, -0.2) is 0 Å². The number of fused-ring (bicyclic) bond motifs is 1. The second-order valence-electron chi connectivity index (χ2n) is 4.08. The standard InChI is InChI=1S/C13H13N2PS2/c17-16(18-10-11-6-2-1-3-7-11)14-12-8-4-5-9-13(12)15-16/h1-9H,10H2,(H2,14,15,17). The van der Waals surface area contributed by atoms with Crippen molar-refractivity contribution in [1.29, 1.82) is 0 Å². The third-order valence-corrected chi connectivity index (χ3v) is 8.14. The minimum atomic E-state index is -1.77. The Balaban J connectivity index is 1.70. The fraction of sp³-hybridized carbons (Fsp3) is 0.0769. The van der Waals surface area contributed by atoms with Crippen molar-refractivity contribution in [2.24, 2.45) is 0 Å². The maximum atomic E-state index is 5.72. The molecule has 1 aliphatic rings. The van der Waals surface area contributed by atoms with Crippen molar-refractivity contribution in [2.75, 3.05) is 10.2 Å². The van der Waals surface area contributed by atoms with Crippen LogP contribution in [0.1, 0.15) is 5.56 Å². The van der Waals surface area contributed by atoms with Gasteiger partial charge in [0.1, 0.15) is 0 Å². The van der Waals surface area contributed by atoms with Crippen molar-refractivity contribution < 1.29 is 0 Å². The van der Waals surface area contributed by atoms with Crippen LogP contribution in [0.3, 0.4) is 0 Å². The molecule has 0 spiro atoms. The summed E-state index contributed by atoms with van der Waals surface area (Å²) in [6.45, 7) is 0. The summed E-state index contributed by atoms with van der Waals surface area (Å²) in [6, 6.07) is 18.6. The Kier molecular flexibility index (Phi) is 3.33.